The minimum atomic E-state index is -0.373. The van der Waals surface area contributed by atoms with Crippen LogP contribution in [0.25, 0.3) is 0 Å². The number of nitrogens with one attached hydrogen (secondary N) is 1. The molecule has 2 heterocycles. The number of methoxy groups -OCH3 is 1. The fraction of sp³-hybridized carbons (Fsp3) is 0.667. The topological polar surface area (TPSA) is 56.3 Å². The van der Waals surface area contributed by atoms with Gasteiger partial charge in [-0.15, -0.1) is 0 Å². The minimum absolute atomic E-state index is 0.373. The Morgan fingerprint density at radius 3 is 2.88 bits per heavy atom. The molecule has 1 aliphatic rings. The standard InChI is InChI=1S/C12H19N3O2/c1-13-9-10-3-6-14-11(15-10)12(16-2)4-7-17-8-5-12/h3,6,13H,4-5,7-9H2,1-2H3. The van der Waals surface area contributed by atoms with Gasteiger partial charge in [0, 0.05) is 45.9 Å². The van der Waals surface area contributed by atoms with E-state index < -0.39 is 0 Å². The highest BCUT2D eigenvalue weighted by atomic mass is 16.5. The normalized spacial score (nSPS) is 19.2. The summed E-state index contributed by atoms with van der Waals surface area (Å²) < 4.78 is 11.1. The van der Waals surface area contributed by atoms with E-state index in [0.29, 0.717) is 13.2 Å². The summed E-state index contributed by atoms with van der Waals surface area (Å²) in [7, 11) is 3.63. The van der Waals surface area contributed by atoms with Crippen LogP contribution in [0, 0.1) is 0 Å². The van der Waals surface area contributed by atoms with Gasteiger partial charge in [0.1, 0.15) is 5.60 Å². The molecule has 1 saturated heterocycles. The average Bonchev–Trinajstić information content (AvgIpc) is 2.40. The molecule has 0 bridgehead atoms. The van der Waals surface area contributed by atoms with Crippen molar-refractivity contribution in [2.75, 3.05) is 27.4 Å². The van der Waals surface area contributed by atoms with Crippen LogP contribution in [0.15, 0.2) is 12.3 Å². The third-order valence-corrected chi connectivity index (χ3v) is 3.17. The lowest BCUT2D eigenvalue weighted by atomic mass is 9.93. The smallest absolute Gasteiger partial charge is 0.160 e. The van der Waals surface area contributed by atoms with Gasteiger partial charge in [-0.3, -0.25) is 0 Å². The van der Waals surface area contributed by atoms with Crippen LogP contribution in [0.4, 0.5) is 0 Å². The zero-order valence-corrected chi connectivity index (χ0v) is 10.4. The molecule has 0 atom stereocenters. The first-order chi connectivity index (χ1) is 8.30. The molecule has 0 aromatic carbocycles. The summed E-state index contributed by atoms with van der Waals surface area (Å²) in [5.41, 5.74) is 0.613. The molecule has 0 amide bonds. The van der Waals surface area contributed by atoms with E-state index in [1.54, 1.807) is 13.3 Å². The van der Waals surface area contributed by atoms with Crippen LogP contribution >= 0.6 is 0 Å². The van der Waals surface area contributed by atoms with Crippen LogP contribution in [-0.2, 0) is 21.6 Å². The Morgan fingerprint density at radius 1 is 1.47 bits per heavy atom. The van der Waals surface area contributed by atoms with E-state index in [-0.39, 0.29) is 5.60 Å². The second-order valence-electron chi connectivity index (χ2n) is 4.21. The molecule has 1 aliphatic heterocycles. The zero-order chi connectivity index (χ0) is 12.1. The van der Waals surface area contributed by atoms with Gasteiger partial charge in [0.05, 0.1) is 5.69 Å². The number of nitrogens with zero attached hydrogens (tertiary/aromatic N) is 2. The Hall–Kier alpha value is -1.04. The van der Waals surface area contributed by atoms with Crippen LogP contribution in [0.2, 0.25) is 0 Å². The molecule has 0 aliphatic carbocycles. The molecule has 1 N–H and O–H groups in total. The van der Waals surface area contributed by atoms with Crippen LogP contribution in [0.5, 0.6) is 0 Å². The van der Waals surface area contributed by atoms with Crippen molar-refractivity contribution in [2.45, 2.75) is 25.0 Å². The Kier molecular flexibility index (Phi) is 4.04. The van der Waals surface area contributed by atoms with Gasteiger partial charge in [-0.25, -0.2) is 9.97 Å². The average molecular weight is 237 g/mol. The van der Waals surface area contributed by atoms with Gasteiger partial charge in [-0.05, 0) is 13.1 Å². The second kappa shape index (κ2) is 5.53. The summed E-state index contributed by atoms with van der Waals surface area (Å²) in [6.45, 7) is 2.15. The fourth-order valence-electron chi connectivity index (χ4n) is 2.12. The van der Waals surface area contributed by atoms with E-state index in [4.69, 9.17) is 9.47 Å². The third kappa shape index (κ3) is 2.62. The molecule has 0 saturated carbocycles. The van der Waals surface area contributed by atoms with Crippen molar-refractivity contribution in [3.8, 4) is 0 Å². The first-order valence-corrected chi connectivity index (χ1v) is 5.90. The Bertz CT molecular complexity index is 365. The van der Waals surface area contributed by atoms with Crippen molar-refractivity contribution in [1.82, 2.24) is 15.3 Å². The highest BCUT2D eigenvalue weighted by molar-refractivity contribution is 5.09. The van der Waals surface area contributed by atoms with E-state index in [2.05, 4.69) is 15.3 Å². The molecular weight excluding hydrogens is 218 g/mol. The maximum absolute atomic E-state index is 5.67. The van der Waals surface area contributed by atoms with E-state index in [1.165, 1.54) is 0 Å². The van der Waals surface area contributed by atoms with Crippen LogP contribution in [-0.4, -0.2) is 37.3 Å². The van der Waals surface area contributed by atoms with E-state index in [1.807, 2.05) is 13.1 Å². The molecule has 1 fully saturated rings. The molecule has 5 nitrogen and oxygen atoms in total. The van der Waals surface area contributed by atoms with Crippen molar-refractivity contribution in [3.63, 3.8) is 0 Å². The summed E-state index contributed by atoms with van der Waals surface area (Å²) >= 11 is 0. The van der Waals surface area contributed by atoms with Crippen molar-refractivity contribution in [3.05, 3.63) is 23.8 Å². The summed E-state index contributed by atoms with van der Waals surface area (Å²) in [5, 5.41) is 3.09. The highest BCUT2D eigenvalue weighted by Gasteiger charge is 2.37. The lowest BCUT2D eigenvalue weighted by Crippen LogP contribution is -2.37. The predicted molar refractivity (Wildman–Crippen MR) is 63.5 cm³/mol. The quantitative estimate of drug-likeness (QED) is 0.841. The monoisotopic (exact) mass is 237 g/mol. The third-order valence-electron chi connectivity index (χ3n) is 3.17. The Morgan fingerprint density at radius 2 is 2.24 bits per heavy atom. The Labute approximate surface area is 102 Å². The van der Waals surface area contributed by atoms with Gasteiger partial charge in [0.2, 0.25) is 0 Å². The van der Waals surface area contributed by atoms with Crippen LogP contribution in [0.3, 0.4) is 0 Å². The Balaban J connectivity index is 2.26. The molecular formula is C12H19N3O2. The first-order valence-electron chi connectivity index (χ1n) is 5.90. The van der Waals surface area contributed by atoms with Crippen LogP contribution in [0.1, 0.15) is 24.4 Å². The van der Waals surface area contributed by atoms with Crippen molar-refractivity contribution in [1.29, 1.82) is 0 Å². The van der Waals surface area contributed by atoms with Gasteiger partial charge in [0.15, 0.2) is 5.82 Å². The van der Waals surface area contributed by atoms with Crippen molar-refractivity contribution >= 4 is 0 Å². The molecule has 0 radical (unpaired) electrons. The summed E-state index contributed by atoms with van der Waals surface area (Å²) in [6.07, 6.45) is 3.42. The molecule has 17 heavy (non-hydrogen) atoms. The summed E-state index contributed by atoms with van der Waals surface area (Å²) in [4.78, 5) is 8.94. The van der Waals surface area contributed by atoms with Gasteiger partial charge in [0.25, 0.3) is 0 Å². The fourth-order valence-corrected chi connectivity index (χ4v) is 2.12. The SMILES string of the molecule is CNCc1ccnc(C2(OC)CCOCC2)n1. The molecule has 2 rings (SSSR count). The van der Waals surface area contributed by atoms with E-state index >= 15 is 0 Å². The lowest BCUT2D eigenvalue weighted by Gasteiger charge is -2.34. The molecule has 1 aromatic heterocycles. The number of rotatable bonds is 4. The molecule has 94 valence electrons. The maximum atomic E-state index is 5.67. The van der Waals surface area contributed by atoms with Crippen molar-refractivity contribution < 1.29 is 9.47 Å². The number of hydrogen-bond donors (Lipinski definition) is 1. The van der Waals surface area contributed by atoms with E-state index in [9.17, 15) is 0 Å². The van der Waals surface area contributed by atoms with Gasteiger partial charge >= 0.3 is 0 Å². The van der Waals surface area contributed by atoms with Crippen molar-refractivity contribution in [2.24, 2.45) is 0 Å². The number of ether oxygens (including phenoxy) is 2. The largest absolute Gasteiger partial charge is 0.381 e. The molecule has 0 unspecified atom stereocenters. The minimum Gasteiger partial charge on any atom is -0.381 e. The predicted octanol–water partition coefficient (Wildman–Crippen LogP) is 0.848. The second-order valence-corrected chi connectivity index (χ2v) is 4.21. The maximum Gasteiger partial charge on any atom is 0.160 e. The molecule has 0 spiro atoms. The van der Waals surface area contributed by atoms with Gasteiger partial charge in [-0.1, -0.05) is 0 Å². The van der Waals surface area contributed by atoms with E-state index in [0.717, 1.165) is 30.9 Å². The molecule has 1 aromatic rings. The van der Waals surface area contributed by atoms with Gasteiger partial charge in [-0.2, -0.15) is 0 Å². The lowest BCUT2D eigenvalue weighted by molar-refractivity contribution is -0.100. The highest BCUT2D eigenvalue weighted by Crippen LogP contribution is 2.32. The number of aromatic nitrogens is 2. The zero-order valence-electron chi connectivity index (χ0n) is 10.4. The summed E-state index contributed by atoms with van der Waals surface area (Å²) in [6, 6.07) is 1.92. The molecule has 5 heteroatoms. The van der Waals surface area contributed by atoms with Crippen LogP contribution < -0.4 is 5.32 Å². The van der Waals surface area contributed by atoms with Gasteiger partial charge < -0.3 is 14.8 Å². The number of hydrogen-bond acceptors (Lipinski definition) is 5. The first kappa shape index (κ1) is 12.4. The summed E-state index contributed by atoms with van der Waals surface area (Å²) in [5.74, 6) is 0.774.